The third-order valence-electron chi connectivity index (χ3n) is 3.77. The van der Waals surface area contributed by atoms with E-state index < -0.39 is 0 Å². The van der Waals surface area contributed by atoms with E-state index in [1.165, 1.54) is 11.1 Å². The minimum Gasteiger partial charge on any atom is -0.341 e. The van der Waals surface area contributed by atoms with Gasteiger partial charge in [0.05, 0.1) is 5.92 Å². The molecule has 4 heteroatoms. The molecule has 1 aromatic carbocycles. The molecular weight excluding hydrogens is 260 g/mol. The summed E-state index contributed by atoms with van der Waals surface area (Å²) in [5.41, 5.74) is 8.39. The third kappa shape index (κ3) is 3.95. The van der Waals surface area contributed by atoms with E-state index in [0.717, 1.165) is 19.3 Å². The van der Waals surface area contributed by atoms with E-state index >= 15 is 0 Å². The molecule has 0 radical (unpaired) electrons. The summed E-state index contributed by atoms with van der Waals surface area (Å²) in [6, 6.07) is 8.34. The van der Waals surface area contributed by atoms with Gasteiger partial charge in [0.1, 0.15) is 0 Å². The summed E-state index contributed by atoms with van der Waals surface area (Å²) >= 11 is 0. The van der Waals surface area contributed by atoms with Gasteiger partial charge in [-0.2, -0.15) is 0 Å². The molecular formula is C15H23ClN2O. The van der Waals surface area contributed by atoms with Crippen LogP contribution in [0, 0.1) is 12.8 Å². The fourth-order valence-corrected chi connectivity index (χ4v) is 2.74. The SMILES string of the molecule is Cc1cccc(CN(C)C(=O)C2CCCC2N)c1.Cl. The number of hydrogen-bond donors (Lipinski definition) is 1. The number of carbonyl (C=O) groups excluding carboxylic acids is 1. The minimum atomic E-state index is 0. The molecule has 0 bridgehead atoms. The molecule has 1 fully saturated rings. The fourth-order valence-electron chi connectivity index (χ4n) is 2.74. The van der Waals surface area contributed by atoms with Crippen LogP contribution in [0.15, 0.2) is 24.3 Å². The van der Waals surface area contributed by atoms with Crippen molar-refractivity contribution in [2.45, 2.75) is 38.8 Å². The number of hydrogen-bond acceptors (Lipinski definition) is 2. The number of halogens is 1. The summed E-state index contributed by atoms with van der Waals surface area (Å²) in [5.74, 6) is 0.223. The summed E-state index contributed by atoms with van der Waals surface area (Å²) in [6.45, 7) is 2.74. The number of nitrogens with two attached hydrogens (primary N) is 1. The molecule has 19 heavy (non-hydrogen) atoms. The lowest BCUT2D eigenvalue weighted by atomic mass is 10.0. The highest BCUT2D eigenvalue weighted by molar-refractivity contribution is 5.85. The smallest absolute Gasteiger partial charge is 0.227 e. The molecule has 1 amide bonds. The van der Waals surface area contributed by atoms with E-state index in [0.29, 0.717) is 6.54 Å². The number of carbonyl (C=O) groups is 1. The summed E-state index contributed by atoms with van der Waals surface area (Å²) in [6.07, 6.45) is 3.00. The zero-order valence-corrected chi connectivity index (χ0v) is 12.5. The van der Waals surface area contributed by atoms with Crippen LogP contribution in [0.5, 0.6) is 0 Å². The maximum absolute atomic E-state index is 12.3. The highest BCUT2D eigenvalue weighted by Crippen LogP contribution is 2.26. The van der Waals surface area contributed by atoms with Gasteiger partial charge in [0, 0.05) is 19.6 Å². The van der Waals surface area contributed by atoms with Crippen LogP contribution in [-0.2, 0) is 11.3 Å². The monoisotopic (exact) mass is 282 g/mol. The van der Waals surface area contributed by atoms with Crippen LogP contribution in [0.25, 0.3) is 0 Å². The molecule has 0 aliphatic heterocycles. The molecule has 1 aliphatic carbocycles. The first-order chi connectivity index (χ1) is 8.58. The first-order valence-electron chi connectivity index (χ1n) is 6.64. The van der Waals surface area contributed by atoms with Gasteiger partial charge in [0.2, 0.25) is 5.91 Å². The zero-order chi connectivity index (χ0) is 13.1. The molecule has 2 rings (SSSR count). The Morgan fingerprint density at radius 1 is 1.42 bits per heavy atom. The van der Waals surface area contributed by atoms with Crippen molar-refractivity contribution in [2.75, 3.05) is 7.05 Å². The second kappa shape index (κ2) is 6.92. The second-order valence-electron chi connectivity index (χ2n) is 5.38. The normalized spacial score (nSPS) is 21.8. The van der Waals surface area contributed by atoms with Crippen molar-refractivity contribution in [2.24, 2.45) is 11.7 Å². The van der Waals surface area contributed by atoms with Gasteiger partial charge in [-0.05, 0) is 25.3 Å². The lowest BCUT2D eigenvalue weighted by Gasteiger charge is -2.23. The van der Waals surface area contributed by atoms with Gasteiger partial charge in [-0.25, -0.2) is 0 Å². The van der Waals surface area contributed by atoms with E-state index in [1.807, 2.05) is 18.0 Å². The van der Waals surface area contributed by atoms with Gasteiger partial charge in [-0.1, -0.05) is 36.2 Å². The molecule has 0 spiro atoms. The number of rotatable bonds is 3. The van der Waals surface area contributed by atoms with Crippen LogP contribution >= 0.6 is 12.4 Å². The van der Waals surface area contributed by atoms with Crippen LogP contribution in [0.2, 0.25) is 0 Å². The Kier molecular flexibility index (Phi) is 5.83. The maximum atomic E-state index is 12.3. The Hall–Kier alpha value is -1.06. The standard InChI is InChI=1S/C15H22N2O.ClH/c1-11-5-3-6-12(9-11)10-17(2)15(18)13-7-4-8-14(13)16;/h3,5-6,9,13-14H,4,7-8,10,16H2,1-2H3;1H. The van der Waals surface area contributed by atoms with Gasteiger partial charge >= 0.3 is 0 Å². The zero-order valence-electron chi connectivity index (χ0n) is 11.6. The van der Waals surface area contributed by atoms with E-state index in [-0.39, 0.29) is 30.3 Å². The van der Waals surface area contributed by atoms with Crippen LogP contribution in [0.1, 0.15) is 30.4 Å². The highest BCUT2D eigenvalue weighted by atomic mass is 35.5. The molecule has 2 unspecified atom stereocenters. The molecule has 1 aliphatic rings. The van der Waals surface area contributed by atoms with Crippen LogP contribution in [0.4, 0.5) is 0 Å². The van der Waals surface area contributed by atoms with Crippen LogP contribution in [0.3, 0.4) is 0 Å². The van der Waals surface area contributed by atoms with Crippen molar-refractivity contribution in [1.82, 2.24) is 4.90 Å². The maximum Gasteiger partial charge on any atom is 0.227 e. The fraction of sp³-hybridized carbons (Fsp3) is 0.533. The molecule has 2 N–H and O–H groups in total. The lowest BCUT2D eigenvalue weighted by Crippen LogP contribution is -2.39. The molecule has 106 valence electrons. The molecule has 3 nitrogen and oxygen atoms in total. The van der Waals surface area contributed by atoms with Crippen LogP contribution < -0.4 is 5.73 Å². The van der Waals surface area contributed by atoms with Crippen molar-refractivity contribution in [3.05, 3.63) is 35.4 Å². The van der Waals surface area contributed by atoms with Gasteiger partial charge in [0.25, 0.3) is 0 Å². The molecule has 1 saturated carbocycles. The number of benzene rings is 1. The minimum absolute atomic E-state index is 0. The average molecular weight is 283 g/mol. The Bertz CT molecular complexity index is 436. The average Bonchev–Trinajstić information content (AvgIpc) is 2.74. The van der Waals surface area contributed by atoms with Gasteiger partial charge in [-0.15, -0.1) is 12.4 Å². The Labute approximate surface area is 121 Å². The highest BCUT2D eigenvalue weighted by Gasteiger charge is 2.32. The third-order valence-corrected chi connectivity index (χ3v) is 3.77. The molecule has 0 heterocycles. The quantitative estimate of drug-likeness (QED) is 0.926. The van der Waals surface area contributed by atoms with E-state index in [2.05, 4.69) is 25.1 Å². The predicted octanol–water partition coefficient (Wildman–Crippen LogP) is 2.50. The van der Waals surface area contributed by atoms with Gasteiger partial charge in [-0.3, -0.25) is 4.79 Å². The predicted molar refractivity (Wildman–Crippen MR) is 80.2 cm³/mol. The summed E-state index contributed by atoms with van der Waals surface area (Å²) in [5, 5.41) is 0. The van der Waals surface area contributed by atoms with E-state index in [1.54, 1.807) is 0 Å². The summed E-state index contributed by atoms with van der Waals surface area (Å²) in [4.78, 5) is 14.1. The van der Waals surface area contributed by atoms with Crippen molar-refractivity contribution in [1.29, 1.82) is 0 Å². The molecule has 0 saturated heterocycles. The lowest BCUT2D eigenvalue weighted by molar-refractivity contribution is -0.134. The Balaban J connectivity index is 0.00000180. The number of amides is 1. The van der Waals surface area contributed by atoms with Gasteiger partial charge < -0.3 is 10.6 Å². The first kappa shape index (κ1) is 16.0. The molecule has 0 aromatic heterocycles. The number of nitrogens with zero attached hydrogens (tertiary/aromatic N) is 1. The van der Waals surface area contributed by atoms with Crippen molar-refractivity contribution >= 4 is 18.3 Å². The van der Waals surface area contributed by atoms with Gasteiger partial charge in [0.15, 0.2) is 0 Å². The molecule has 2 atom stereocenters. The summed E-state index contributed by atoms with van der Waals surface area (Å²) in [7, 11) is 1.87. The molecule has 1 aromatic rings. The summed E-state index contributed by atoms with van der Waals surface area (Å²) < 4.78 is 0. The first-order valence-corrected chi connectivity index (χ1v) is 6.64. The second-order valence-corrected chi connectivity index (χ2v) is 5.38. The topological polar surface area (TPSA) is 46.3 Å². The Morgan fingerprint density at radius 3 is 2.74 bits per heavy atom. The Morgan fingerprint density at radius 2 is 2.16 bits per heavy atom. The van der Waals surface area contributed by atoms with E-state index in [9.17, 15) is 4.79 Å². The van der Waals surface area contributed by atoms with E-state index in [4.69, 9.17) is 5.73 Å². The van der Waals surface area contributed by atoms with Crippen molar-refractivity contribution in [3.8, 4) is 0 Å². The van der Waals surface area contributed by atoms with Crippen LogP contribution in [-0.4, -0.2) is 23.9 Å². The van der Waals surface area contributed by atoms with Crippen molar-refractivity contribution < 1.29 is 4.79 Å². The number of aryl methyl sites for hydroxylation is 1. The van der Waals surface area contributed by atoms with Crippen molar-refractivity contribution in [3.63, 3.8) is 0 Å². The largest absolute Gasteiger partial charge is 0.341 e.